The minimum absolute atomic E-state index is 0.0565. The Morgan fingerprint density at radius 3 is 2.65 bits per heavy atom. The quantitative estimate of drug-likeness (QED) is 0.874. The maximum absolute atomic E-state index is 12.3. The van der Waals surface area contributed by atoms with Crippen molar-refractivity contribution in [2.24, 2.45) is 0 Å². The summed E-state index contributed by atoms with van der Waals surface area (Å²) >= 11 is 0. The van der Waals surface area contributed by atoms with Gasteiger partial charge in [0.05, 0.1) is 17.1 Å². The molecule has 1 amide bonds. The standard InChI is InChI=1S/C12H15NO6S/c1-2-13(9-3-4-20(17,18)7-9)11(14)10-5-8(6-19-10)12(15)16/h5-6,9H,2-4,7H2,1H3,(H,15,16). The maximum atomic E-state index is 12.3. The second-order valence-electron chi connectivity index (χ2n) is 4.65. The largest absolute Gasteiger partial charge is 0.478 e. The molecule has 0 bridgehead atoms. The van der Waals surface area contributed by atoms with E-state index in [0.29, 0.717) is 13.0 Å². The molecule has 1 N–H and O–H groups in total. The molecule has 1 unspecified atom stereocenters. The Bertz CT molecular complexity index is 632. The van der Waals surface area contributed by atoms with Crippen LogP contribution in [0.3, 0.4) is 0 Å². The number of aromatic carboxylic acids is 1. The number of hydrogen-bond donors (Lipinski definition) is 1. The monoisotopic (exact) mass is 301 g/mol. The van der Waals surface area contributed by atoms with Gasteiger partial charge in [0.25, 0.3) is 5.91 Å². The minimum Gasteiger partial charge on any atom is -0.478 e. The molecule has 1 atom stereocenters. The van der Waals surface area contributed by atoms with Crippen molar-refractivity contribution < 1.29 is 27.5 Å². The summed E-state index contributed by atoms with van der Waals surface area (Å²) < 4.78 is 27.9. The molecule has 1 fully saturated rings. The van der Waals surface area contributed by atoms with Crippen molar-refractivity contribution in [3.8, 4) is 0 Å². The first-order chi connectivity index (χ1) is 9.34. The molecule has 1 aromatic rings. The zero-order valence-corrected chi connectivity index (χ0v) is 11.7. The lowest BCUT2D eigenvalue weighted by atomic mass is 10.2. The van der Waals surface area contributed by atoms with Gasteiger partial charge in [-0.15, -0.1) is 0 Å². The van der Waals surface area contributed by atoms with E-state index >= 15 is 0 Å². The average molecular weight is 301 g/mol. The Balaban J connectivity index is 2.19. The number of carbonyl (C=O) groups is 2. The minimum atomic E-state index is -3.09. The highest BCUT2D eigenvalue weighted by Crippen LogP contribution is 2.20. The number of carbonyl (C=O) groups excluding carboxylic acids is 1. The highest BCUT2D eigenvalue weighted by atomic mass is 32.2. The predicted octanol–water partition coefficient (Wildman–Crippen LogP) is 0.627. The van der Waals surface area contributed by atoms with Crippen LogP contribution in [-0.4, -0.2) is 54.4 Å². The first-order valence-corrected chi connectivity index (χ1v) is 7.99. The van der Waals surface area contributed by atoms with Crippen molar-refractivity contribution >= 4 is 21.7 Å². The van der Waals surface area contributed by atoms with Gasteiger partial charge in [0.15, 0.2) is 15.6 Å². The van der Waals surface area contributed by atoms with Crippen molar-refractivity contribution in [2.45, 2.75) is 19.4 Å². The second-order valence-corrected chi connectivity index (χ2v) is 6.88. The van der Waals surface area contributed by atoms with Gasteiger partial charge >= 0.3 is 5.97 Å². The van der Waals surface area contributed by atoms with Gasteiger partial charge < -0.3 is 14.4 Å². The molecule has 20 heavy (non-hydrogen) atoms. The van der Waals surface area contributed by atoms with Crippen LogP contribution in [0.4, 0.5) is 0 Å². The fourth-order valence-electron chi connectivity index (χ4n) is 2.29. The summed E-state index contributed by atoms with van der Waals surface area (Å²) in [7, 11) is -3.09. The third-order valence-corrected chi connectivity index (χ3v) is 5.06. The molecule has 1 saturated heterocycles. The van der Waals surface area contributed by atoms with Gasteiger partial charge in [-0.2, -0.15) is 0 Å². The molecular formula is C12H15NO6S. The molecule has 1 aliphatic heterocycles. The molecule has 2 heterocycles. The van der Waals surface area contributed by atoms with Crippen LogP contribution in [0.5, 0.6) is 0 Å². The third-order valence-electron chi connectivity index (χ3n) is 3.31. The van der Waals surface area contributed by atoms with E-state index in [1.54, 1.807) is 6.92 Å². The predicted molar refractivity (Wildman–Crippen MR) is 69.4 cm³/mol. The molecule has 110 valence electrons. The van der Waals surface area contributed by atoms with Crippen molar-refractivity contribution in [3.63, 3.8) is 0 Å². The van der Waals surface area contributed by atoms with Crippen molar-refractivity contribution in [2.75, 3.05) is 18.1 Å². The second kappa shape index (κ2) is 5.28. The van der Waals surface area contributed by atoms with Crippen LogP contribution < -0.4 is 0 Å². The molecule has 0 radical (unpaired) electrons. The van der Waals surface area contributed by atoms with Gasteiger partial charge in [-0.3, -0.25) is 4.79 Å². The molecule has 0 aromatic carbocycles. The summed E-state index contributed by atoms with van der Waals surface area (Å²) in [6, 6.07) is 0.771. The number of hydrogen-bond acceptors (Lipinski definition) is 5. The van der Waals surface area contributed by atoms with Crippen molar-refractivity contribution in [1.29, 1.82) is 0 Å². The van der Waals surface area contributed by atoms with E-state index in [1.807, 2.05) is 0 Å². The third kappa shape index (κ3) is 2.84. The van der Waals surface area contributed by atoms with E-state index in [1.165, 1.54) is 4.90 Å². The molecular weight excluding hydrogens is 286 g/mol. The number of carboxylic acid groups (broad SMARTS) is 1. The first-order valence-electron chi connectivity index (χ1n) is 6.17. The summed E-state index contributed by atoms with van der Waals surface area (Å²) in [4.78, 5) is 24.4. The van der Waals surface area contributed by atoms with Crippen LogP contribution in [0, 0.1) is 0 Å². The molecule has 7 nitrogen and oxygen atoms in total. The highest BCUT2D eigenvalue weighted by Gasteiger charge is 2.35. The Morgan fingerprint density at radius 1 is 1.50 bits per heavy atom. The van der Waals surface area contributed by atoms with E-state index in [9.17, 15) is 18.0 Å². The SMILES string of the molecule is CCN(C(=O)c1cc(C(=O)O)co1)C1CCS(=O)(=O)C1. The van der Waals surface area contributed by atoms with E-state index in [4.69, 9.17) is 9.52 Å². The summed E-state index contributed by atoms with van der Waals surface area (Å²) in [5, 5.41) is 8.79. The van der Waals surface area contributed by atoms with Crippen LogP contribution in [0.25, 0.3) is 0 Å². The van der Waals surface area contributed by atoms with Crippen LogP contribution in [0.1, 0.15) is 34.3 Å². The van der Waals surface area contributed by atoms with E-state index in [0.717, 1.165) is 12.3 Å². The van der Waals surface area contributed by atoms with Gasteiger partial charge in [-0.25, -0.2) is 13.2 Å². The Morgan fingerprint density at radius 2 is 2.20 bits per heavy atom. The maximum Gasteiger partial charge on any atom is 0.338 e. The van der Waals surface area contributed by atoms with E-state index < -0.39 is 21.7 Å². The number of furan rings is 1. The summed E-state index contributed by atoms with van der Waals surface area (Å²) in [5.74, 6) is -1.74. The molecule has 8 heteroatoms. The zero-order chi connectivity index (χ0) is 14.9. The van der Waals surface area contributed by atoms with E-state index in [2.05, 4.69) is 0 Å². The highest BCUT2D eigenvalue weighted by molar-refractivity contribution is 7.91. The average Bonchev–Trinajstić information content (AvgIpc) is 2.97. The lowest BCUT2D eigenvalue weighted by Crippen LogP contribution is -2.40. The van der Waals surface area contributed by atoms with Gasteiger partial charge in [0, 0.05) is 18.7 Å². The fourth-order valence-corrected chi connectivity index (χ4v) is 4.02. The van der Waals surface area contributed by atoms with E-state index in [-0.39, 0.29) is 28.9 Å². The fraction of sp³-hybridized carbons (Fsp3) is 0.500. The summed E-state index contributed by atoms with van der Waals surface area (Å²) in [5.41, 5.74) is -0.108. The van der Waals surface area contributed by atoms with Crippen molar-refractivity contribution in [3.05, 3.63) is 23.7 Å². The molecule has 1 aromatic heterocycles. The number of nitrogens with zero attached hydrogens (tertiary/aromatic N) is 1. The van der Waals surface area contributed by atoms with Crippen LogP contribution in [0.2, 0.25) is 0 Å². The van der Waals surface area contributed by atoms with Gasteiger partial charge in [-0.05, 0) is 13.3 Å². The smallest absolute Gasteiger partial charge is 0.338 e. The number of sulfone groups is 1. The van der Waals surface area contributed by atoms with Gasteiger partial charge in [-0.1, -0.05) is 0 Å². The summed E-state index contributed by atoms with van der Waals surface area (Å²) in [6.45, 7) is 2.08. The topological polar surface area (TPSA) is 105 Å². The van der Waals surface area contributed by atoms with Gasteiger partial charge in [0.2, 0.25) is 0 Å². The normalized spacial score (nSPS) is 20.8. The molecule has 0 aliphatic carbocycles. The lowest BCUT2D eigenvalue weighted by molar-refractivity contribution is 0.0672. The van der Waals surface area contributed by atoms with Crippen LogP contribution >= 0.6 is 0 Å². The number of carboxylic acids is 1. The van der Waals surface area contributed by atoms with Crippen LogP contribution in [0.15, 0.2) is 16.7 Å². The molecule has 2 rings (SSSR count). The number of amides is 1. The Labute approximate surface area is 116 Å². The van der Waals surface area contributed by atoms with Gasteiger partial charge in [0.1, 0.15) is 6.26 Å². The Hall–Kier alpha value is -1.83. The van der Waals surface area contributed by atoms with Crippen LogP contribution in [-0.2, 0) is 9.84 Å². The molecule has 1 aliphatic rings. The zero-order valence-electron chi connectivity index (χ0n) is 10.9. The summed E-state index contributed by atoms with van der Waals surface area (Å²) in [6.07, 6.45) is 1.39. The number of rotatable bonds is 4. The first kappa shape index (κ1) is 14.6. The Kier molecular flexibility index (Phi) is 3.85. The van der Waals surface area contributed by atoms with Crippen molar-refractivity contribution in [1.82, 2.24) is 4.90 Å². The molecule has 0 saturated carbocycles. The molecule has 0 spiro atoms. The lowest BCUT2D eigenvalue weighted by Gasteiger charge is -2.25.